The molecule has 0 spiro atoms. The number of hydrogen-bond acceptors (Lipinski definition) is 6. The maximum absolute atomic E-state index is 13.6. The Bertz CT molecular complexity index is 1470. The first kappa shape index (κ1) is 20.3. The molecule has 0 fully saturated rings. The van der Waals surface area contributed by atoms with Crippen LogP contribution in [-0.2, 0) is 6.61 Å². The highest BCUT2D eigenvalue weighted by Gasteiger charge is 2.20. The van der Waals surface area contributed by atoms with Crippen molar-refractivity contribution in [1.82, 2.24) is 19.1 Å². The molecule has 2 heterocycles. The summed E-state index contributed by atoms with van der Waals surface area (Å²) in [6.07, 6.45) is 1.36. The fourth-order valence-corrected chi connectivity index (χ4v) is 3.75. The summed E-state index contributed by atoms with van der Waals surface area (Å²) in [4.78, 5) is 22.1. The fourth-order valence-electron chi connectivity index (χ4n) is 3.75. The standard InChI is InChI=1S/C25H22N6O2/c1-27-18-8-5-9-20(14-18)31-24-22(23(26)28-16-29-24)30(25(31)32)19-10-12-21(13-11-19)33-15-17-6-3-2-4-7-17/h2-14,16,27H,15H2,1H3,(H2,26,28,29). The minimum atomic E-state index is -0.289. The van der Waals surface area contributed by atoms with Crippen LogP contribution in [0.25, 0.3) is 22.5 Å². The zero-order valence-electron chi connectivity index (χ0n) is 18.0. The molecule has 0 unspecified atom stereocenters. The van der Waals surface area contributed by atoms with E-state index in [4.69, 9.17) is 10.5 Å². The van der Waals surface area contributed by atoms with Crippen molar-refractivity contribution in [3.63, 3.8) is 0 Å². The van der Waals surface area contributed by atoms with Crippen molar-refractivity contribution in [2.75, 3.05) is 18.1 Å². The summed E-state index contributed by atoms with van der Waals surface area (Å²) in [6.45, 7) is 0.460. The molecule has 0 aliphatic rings. The van der Waals surface area contributed by atoms with Gasteiger partial charge in [0.25, 0.3) is 0 Å². The number of hydrogen-bond donors (Lipinski definition) is 2. The van der Waals surface area contributed by atoms with Gasteiger partial charge in [0.15, 0.2) is 11.5 Å². The molecule has 0 aliphatic carbocycles. The Morgan fingerprint density at radius 3 is 2.45 bits per heavy atom. The van der Waals surface area contributed by atoms with E-state index in [9.17, 15) is 4.79 Å². The van der Waals surface area contributed by atoms with Gasteiger partial charge in [-0.15, -0.1) is 0 Å². The normalized spacial score (nSPS) is 10.9. The number of nitrogens with zero attached hydrogens (tertiary/aromatic N) is 4. The minimum absolute atomic E-state index is 0.227. The lowest BCUT2D eigenvalue weighted by atomic mass is 10.2. The molecule has 3 aromatic carbocycles. The van der Waals surface area contributed by atoms with E-state index in [1.807, 2.05) is 85.9 Å². The quantitative estimate of drug-likeness (QED) is 0.419. The van der Waals surface area contributed by atoms with Crippen molar-refractivity contribution >= 4 is 22.7 Å². The van der Waals surface area contributed by atoms with Crippen molar-refractivity contribution in [1.29, 1.82) is 0 Å². The summed E-state index contributed by atoms with van der Waals surface area (Å²) in [7, 11) is 1.83. The van der Waals surface area contributed by atoms with Crippen LogP contribution in [0.3, 0.4) is 0 Å². The summed E-state index contributed by atoms with van der Waals surface area (Å²) in [5.41, 5.74) is 10.1. The van der Waals surface area contributed by atoms with Gasteiger partial charge in [0.2, 0.25) is 0 Å². The number of ether oxygens (including phenoxy) is 1. The van der Waals surface area contributed by atoms with Crippen molar-refractivity contribution in [2.24, 2.45) is 0 Å². The van der Waals surface area contributed by atoms with Gasteiger partial charge in [0.1, 0.15) is 24.2 Å². The van der Waals surface area contributed by atoms with Crippen LogP contribution >= 0.6 is 0 Å². The second kappa shape index (κ2) is 8.51. The number of nitrogen functional groups attached to an aromatic ring is 1. The van der Waals surface area contributed by atoms with Gasteiger partial charge in [-0.05, 0) is 48.0 Å². The van der Waals surface area contributed by atoms with E-state index in [-0.39, 0.29) is 11.5 Å². The van der Waals surface area contributed by atoms with Crippen molar-refractivity contribution < 1.29 is 4.74 Å². The first-order chi connectivity index (χ1) is 16.2. The number of nitrogens with one attached hydrogen (secondary N) is 1. The Hall–Kier alpha value is -4.59. The monoisotopic (exact) mass is 438 g/mol. The third kappa shape index (κ3) is 3.78. The highest BCUT2D eigenvalue weighted by molar-refractivity contribution is 5.85. The lowest BCUT2D eigenvalue weighted by Gasteiger charge is -2.08. The second-order valence-corrected chi connectivity index (χ2v) is 7.45. The van der Waals surface area contributed by atoms with Crippen LogP contribution in [0.2, 0.25) is 0 Å². The van der Waals surface area contributed by atoms with E-state index in [2.05, 4.69) is 15.3 Å². The first-order valence-corrected chi connectivity index (χ1v) is 10.4. The zero-order chi connectivity index (χ0) is 22.8. The molecule has 0 saturated heterocycles. The lowest BCUT2D eigenvalue weighted by Crippen LogP contribution is -2.22. The van der Waals surface area contributed by atoms with Crippen LogP contribution in [0.15, 0.2) is 90.0 Å². The van der Waals surface area contributed by atoms with Crippen molar-refractivity contribution in [3.05, 3.63) is 101 Å². The van der Waals surface area contributed by atoms with E-state index < -0.39 is 0 Å². The summed E-state index contributed by atoms with van der Waals surface area (Å²) < 4.78 is 8.94. The first-order valence-electron chi connectivity index (χ1n) is 10.4. The Kier molecular flexibility index (Phi) is 5.24. The molecule has 0 saturated carbocycles. The van der Waals surface area contributed by atoms with Crippen molar-refractivity contribution in [2.45, 2.75) is 6.61 Å². The molecule has 164 valence electrons. The highest BCUT2D eigenvalue weighted by Crippen LogP contribution is 2.25. The number of imidazole rings is 1. The van der Waals surface area contributed by atoms with Gasteiger partial charge in [-0.2, -0.15) is 0 Å². The Balaban J connectivity index is 1.57. The van der Waals surface area contributed by atoms with Gasteiger partial charge in [-0.3, -0.25) is 4.57 Å². The van der Waals surface area contributed by atoms with E-state index in [0.29, 0.717) is 34.9 Å². The maximum Gasteiger partial charge on any atom is 0.339 e. The van der Waals surface area contributed by atoms with Crippen LogP contribution in [0.5, 0.6) is 5.75 Å². The number of nitrogens with two attached hydrogens (primary N) is 1. The molecule has 0 aliphatic heterocycles. The van der Waals surface area contributed by atoms with Crippen LogP contribution in [-0.4, -0.2) is 26.1 Å². The fraction of sp³-hybridized carbons (Fsp3) is 0.0800. The predicted octanol–water partition coefficient (Wildman–Crippen LogP) is 3.77. The maximum atomic E-state index is 13.6. The lowest BCUT2D eigenvalue weighted by molar-refractivity contribution is 0.306. The van der Waals surface area contributed by atoms with Gasteiger partial charge in [-0.1, -0.05) is 36.4 Å². The molecule has 0 radical (unpaired) electrons. The molecular formula is C25H22N6O2. The van der Waals surface area contributed by atoms with E-state index >= 15 is 0 Å². The number of anilines is 2. The van der Waals surface area contributed by atoms with Crippen LogP contribution in [0.4, 0.5) is 11.5 Å². The molecule has 8 nitrogen and oxygen atoms in total. The van der Waals surface area contributed by atoms with Crippen LogP contribution in [0, 0.1) is 0 Å². The number of aromatic nitrogens is 4. The molecule has 0 atom stereocenters. The number of fused-ring (bicyclic) bond motifs is 1. The average Bonchev–Trinajstić information content (AvgIpc) is 3.16. The number of rotatable bonds is 6. The smallest absolute Gasteiger partial charge is 0.339 e. The van der Waals surface area contributed by atoms with Gasteiger partial charge < -0.3 is 15.8 Å². The van der Waals surface area contributed by atoms with Gasteiger partial charge in [0.05, 0.1) is 11.4 Å². The molecule has 2 aromatic heterocycles. The Morgan fingerprint density at radius 2 is 1.70 bits per heavy atom. The third-order valence-corrected chi connectivity index (χ3v) is 5.39. The second-order valence-electron chi connectivity index (χ2n) is 7.45. The Morgan fingerprint density at radius 1 is 0.909 bits per heavy atom. The predicted molar refractivity (Wildman–Crippen MR) is 129 cm³/mol. The Labute approximate surface area is 189 Å². The van der Waals surface area contributed by atoms with Gasteiger partial charge in [-0.25, -0.2) is 19.3 Å². The summed E-state index contributed by atoms with van der Waals surface area (Å²) in [6, 6.07) is 24.8. The third-order valence-electron chi connectivity index (χ3n) is 5.39. The molecule has 0 amide bonds. The largest absolute Gasteiger partial charge is 0.489 e. The van der Waals surface area contributed by atoms with Crippen LogP contribution < -0.4 is 21.5 Å². The minimum Gasteiger partial charge on any atom is -0.489 e. The SMILES string of the molecule is CNc1cccc(-n2c(=O)n(-c3ccc(OCc4ccccc4)cc3)c3c(N)ncnc32)c1. The molecule has 5 rings (SSSR count). The topological polar surface area (TPSA) is 100.0 Å². The van der Waals surface area contributed by atoms with E-state index in [0.717, 1.165) is 11.3 Å². The molecule has 3 N–H and O–H groups in total. The average molecular weight is 438 g/mol. The van der Waals surface area contributed by atoms with E-state index in [1.54, 1.807) is 0 Å². The van der Waals surface area contributed by atoms with Crippen molar-refractivity contribution in [3.8, 4) is 17.1 Å². The number of benzene rings is 3. The molecule has 0 bridgehead atoms. The summed E-state index contributed by atoms with van der Waals surface area (Å²) >= 11 is 0. The molecule has 8 heteroatoms. The molecular weight excluding hydrogens is 416 g/mol. The van der Waals surface area contributed by atoms with Crippen LogP contribution in [0.1, 0.15) is 5.56 Å². The molecule has 33 heavy (non-hydrogen) atoms. The molecule has 5 aromatic rings. The zero-order valence-corrected chi connectivity index (χ0v) is 18.0. The highest BCUT2D eigenvalue weighted by atomic mass is 16.5. The van der Waals surface area contributed by atoms with E-state index in [1.165, 1.54) is 15.5 Å². The van der Waals surface area contributed by atoms with Gasteiger partial charge >= 0.3 is 5.69 Å². The summed E-state index contributed by atoms with van der Waals surface area (Å²) in [5, 5.41) is 3.09. The van der Waals surface area contributed by atoms with Gasteiger partial charge in [0, 0.05) is 12.7 Å². The summed E-state index contributed by atoms with van der Waals surface area (Å²) in [5.74, 6) is 0.926.